The predicted molar refractivity (Wildman–Crippen MR) is 77.3 cm³/mol. The minimum atomic E-state index is -0.846. The van der Waals surface area contributed by atoms with Gasteiger partial charge in [0.25, 0.3) is 0 Å². The maximum absolute atomic E-state index is 11.2. The number of carbonyl (C=O) groups is 1. The third-order valence-corrected chi connectivity index (χ3v) is 3.11. The molecule has 0 aliphatic carbocycles. The van der Waals surface area contributed by atoms with Gasteiger partial charge < -0.3 is 16.2 Å². The molecule has 100 valence electrons. The van der Waals surface area contributed by atoms with Crippen molar-refractivity contribution in [2.45, 2.75) is 18.9 Å². The van der Waals surface area contributed by atoms with Gasteiger partial charge >= 0.3 is 5.97 Å². The fourth-order valence-corrected chi connectivity index (χ4v) is 2.12. The lowest BCUT2D eigenvalue weighted by atomic mass is 10.1. The topological polar surface area (TPSA) is 75.3 Å². The molecule has 2 rings (SSSR count). The van der Waals surface area contributed by atoms with E-state index in [0.29, 0.717) is 19.4 Å². The van der Waals surface area contributed by atoms with Gasteiger partial charge in [-0.25, -0.2) is 4.79 Å². The molecule has 4 heteroatoms. The second kappa shape index (κ2) is 6.20. The highest BCUT2D eigenvalue weighted by molar-refractivity contribution is 5.95. The molecule has 0 saturated heterocycles. The maximum Gasteiger partial charge on any atom is 0.326 e. The number of benzene rings is 2. The van der Waals surface area contributed by atoms with Crippen LogP contribution in [0.5, 0.6) is 0 Å². The Morgan fingerprint density at radius 1 is 1.21 bits per heavy atom. The summed E-state index contributed by atoms with van der Waals surface area (Å²) in [6, 6.07) is 13.1. The Bertz CT molecular complexity index is 564. The molecule has 2 aromatic rings. The van der Waals surface area contributed by atoms with E-state index in [2.05, 4.69) is 5.32 Å². The van der Waals surface area contributed by atoms with Gasteiger partial charge in [0, 0.05) is 11.1 Å². The van der Waals surface area contributed by atoms with Crippen molar-refractivity contribution in [1.82, 2.24) is 0 Å². The zero-order valence-electron chi connectivity index (χ0n) is 10.7. The van der Waals surface area contributed by atoms with Gasteiger partial charge in [-0.1, -0.05) is 36.4 Å². The summed E-state index contributed by atoms with van der Waals surface area (Å²) in [5.74, 6) is -0.846. The maximum atomic E-state index is 11.2. The van der Waals surface area contributed by atoms with Crippen molar-refractivity contribution < 1.29 is 9.90 Å². The lowest BCUT2D eigenvalue weighted by molar-refractivity contribution is -0.138. The second-order valence-electron chi connectivity index (χ2n) is 4.49. The molecular formula is C15H18N2O2. The van der Waals surface area contributed by atoms with Crippen LogP contribution in [0.2, 0.25) is 0 Å². The Labute approximate surface area is 112 Å². The van der Waals surface area contributed by atoms with Crippen LogP contribution in [0.15, 0.2) is 42.5 Å². The van der Waals surface area contributed by atoms with Crippen molar-refractivity contribution in [3.05, 3.63) is 42.5 Å². The largest absolute Gasteiger partial charge is 0.480 e. The normalized spacial score (nSPS) is 12.3. The molecule has 0 bridgehead atoms. The third-order valence-electron chi connectivity index (χ3n) is 3.11. The molecule has 0 saturated carbocycles. The molecule has 0 aliphatic heterocycles. The molecule has 1 atom stereocenters. The fraction of sp³-hybridized carbons (Fsp3) is 0.267. The second-order valence-corrected chi connectivity index (χ2v) is 4.49. The van der Waals surface area contributed by atoms with Crippen LogP contribution in [0, 0.1) is 0 Å². The zero-order chi connectivity index (χ0) is 13.7. The van der Waals surface area contributed by atoms with Gasteiger partial charge in [-0.2, -0.15) is 0 Å². The number of hydrogen-bond acceptors (Lipinski definition) is 3. The van der Waals surface area contributed by atoms with Crippen LogP contribution in [0.3, 0.4) is 0 Å². The van der Waals surface area contributed by atoms with Crippen LogP contribution < -0.4 is 11.1 Å². The molecule has 0 radical (unpaired) electrons. The van der Waals surface area contributed by atoms with Gasteiger partial charge in [0.1, 0.15) is 6.04 Å². The van der Waals surface area contributed by atoms with E-state index < -0.39 is 12.0 Å². The number of carboxylic acid groups (broad SMARTS) is 1. The number of nitrogens with one attached hydrogen (secondary N) is 1. The highest BCUT2D eigenvalue weighted by Gasteiger charge is 2.17. The summed E-state index contributed by atoms with van der Waals surface area (Å²) < 4.78 is 0. The van der Waals surface area contributed by atoms with Crippen LogP contribution in [0.4, 0.5) is 5.69 Å². The van der Waals surface area contributed by atoms with Crippen molar-refractivity contribution >= 4 is 22.4 Å². The summed E-state index contributed by atoms with van der Waals surface area (Å²) in [5.41, 5.74) is 6.29. The van der Waals surface area contributed by atoms with Gasteiger partial charge in [-0.15, -0.1) is 0 Å². The molecule has 0 unspecified atom stereocenters. The molecule has 0 spiro atoms. The first-order chi connectivity index (χ1) is 9.22. The average molecular weight is 258 g/mol. The van der Waals surface area contributed by atoms with Crippen molar-refractivity contribution in [1.29, 1.82) is 0 Å². The van der Waals surface area contributed by atoms with E-state index in [1.54, 1.807) is 0 Å². The van der Waals surface area contributed by atoms with Crippen molar-refractivity contribution in [2.24, 2.45) is 5.73 Å². The van der Waals surface area contributed by atoms with E-state index in [0.717, 1.165) is 16.5 Å². The number of fused-ring (bicyclic) bond motifs is 1. The number of rotatable bonds is 6. The monoisotopic (exact) mass is 258 g/mol. The fourth-order valence-electron chi connectivity index (χ4n) is 2.12. The van der Waals surface area contributed by atoms with Gasteiger partial charge in [0.2, 0.25) is 0 Å². The lowest BCUT2D eigenvalue weighted by Gasteiger charge is -2.17. The van der Waals surface area contributed by atoms with E-state index in [1.807, 2.05) is 42.5 Å². The molecule has 4 nitrogen and oxygen atoms in total. The molecule has 19 heavy (non-hydrogen) atoms. The van der Waals surface area contributed by atoms with E-state index in [1.165, 1.54) is 0 Å². The Morgan fingerprint density at radius 3 is 2.68 bits per heavy atom. The Balaban J connectivity index is 2.26. The first kappa shape index (κ1) is 13.4. The van der Waals surface area contributed by atoms with Gasteiger partial charge in [-0.3, -0.25) is 0 Å². The van der Waals surface area contributed by atoms with E-state index in [9.17, 15) is 9.90 Å². The van der Waals surface area contributed by atoms with Crippen LogP contribution in [0.1, 0.15) is 12.8 Å². The Kier molecular flexibility index (Phi) is 4.36. The summed E-state index contributed by atoms with van der Waals surface area (Å²) in [7, 11) is 0. The molecule has 0 fully saturated rings. The van der Waals surface area contributed by atoms with Crippen LogP contribution in [0.25, 0.3) is 10.8 Å². The number of hydrogen-bond donors (Lipinski definition) is 3. The third kappa shape index (κ3) is 3.23. The lowest BCUT2D eigenvalue weighted by Crippen LogP contribution is -2.29. The summed E-state index contributed by atoms with van der Waals surface area (Å²) in [6.07, 6.45) is 1.21. The van der Waals surface area contributed by atoms with Crippen LogP contribution >= 0.6 is 0 Å². The number of nitrogens with two attached hydrogens (primary N) is 1. The minimum Gasteiger partial charge on any atom is -0.480 e. The van der Waals surface area contributed by atoms with Gasteiger partial charge in [0.05, 0.1) is 0 Å². The average Bonchev–Trinajstić information content (AvgIpc) is 2.43. The predicted octanol–water partition coefficient (Wildman–Crippen LogP) is 2.44. The van der Waals surface area contributed by atoms with Gasteiger partial charge in [-0.05, 0) is 30.8 Å². The van der Waals surface area contributed by atoms with Crippen molar-refractivity contribution in [3.63, 3.8) is 0 Å². The highest BCUT2D eigenvalue weighted by Crippen LogP contribution is 2.24. The van der Waals surface area contributed by atoms with Crippen LogP contribution in [-0.4, -0.2) is 23.7 Å². The summed E-state index contributed by atoms with van der Waals surface area (Å²) in [5, 5.41) is 14.5. The molecular weight excluding hydrogens is 240 g/mol. The van der Waals surface area contributed by atoms with Crippen molar-refractivity contribution in [3.8, 4) is 0 Å². The molecule has 0 aliphatic rings. The Hall–Kier alpha value is -2.07. The van der Waals surface area contributed by atoms with E-state index in [-0.39, 0.29) is 0 Å². The molecule has 0 amide bonds. The molecule has 0 heterocycles. The summed E-state index contributed by atoms with van der Waals surface area (Å²) in [6.45, 7) is 0.501. The number of anilines is 1. The van der Waals surface area contributed by atoms with Crippen molar-refractivity contribution in [2.75, 3.05) is 11.9 Å². The summed E-state index contributed by atoms with van der Waals surface area (Å²) >= 11 is 0. The SMILES string of the molecule is NCCC[C@H](Nc1cccc2ccccc12)C(=O)O. The first-order valence-electron chi connectivity index (χ1n) is 6.39. The number of aliphatic carboxylic acids is 1. The molecule has 4 N–H and O–H groups in total. The molecule has 2 aromatic carbocycles. The van der Waals surface area contributed by atoms with Crippen LogP contribution in [-0.2, 0) is 4.79 Å². The van der Waals surface area contributed by atoms with Gasteiger partial charge in [0.15, 0.2) is 0 Å². The standard InChI is InChI=1S/C15H18N2O2/c16-10-4-9-14(15(18)19)17-13-8-3-6-11-5-1-2-7-12(11)13/h1-3,5-8,14,17H,4,9-10,16H2,(H,18,19)/t14-/m0/s1. The smallest absolute Gasteiger partial charge is 0.326 e. The zero-order valence-corrected chi connectivity index (χ0v) is 10.7. The minimum absolute atomic E-state index is 0.501. The number of carboxylic acids is 1. The molecule has 0 aromatic heterocycles. The summed E-state index contributed by atoms with van der Waals surface area (Å²) in [4.78, 5) is 11.2. The quantitative estimate of drug-likeness (QED) is 0.744. The Morgan fingerprint density at radius 2 is 1.95 bits per heavy atom. The van der Waals surface area contributed by atoms with E-state index in [4.69, 9.17) is 5.73 Å². The highest BCUT2D eigenvalue weighted by atomic mass is 16.4. The van der Waals surface area contributed by atoms with E-state index >= 15 is 0 Å². The first-order valence-corrected chi connectivity index (χ1v) is 6.39.